The van der Waals surface area contributed by atoms with Crippen molar-refractivity contribution in [2.24, 2.45) is 0 Å². The molecular formula is C14H20OS. The molecule has 2 rings (SSSR count). The molecular weight excluding hydrogens is 216 g/mol. The van der Waals surface area contributed by atoms with Crippen molar-refractivity contribution >= 4 is 11.8 Å². The molecule has 0 spiro atoms. The Balaban J connectivity index is 1.92. The van der Waals surface area contributed by atoms with Crippen LogP contribution in [0, 0.1) is 0 Å². The molecule has 0 saturated carbocycles. The first-order chi connectivity index (χ1) is 7.70. The van der Waals surface area contributed by atoms with Crippen molar-refractivity contribution < 1.29 is 4.74 Å². The van der Waals surface area contributed by atoms with Crippen LogP contribution < -0.4 is 0 Å². The molecule has 1 fully saturated rings. The highest BCUT2D eigenvalue weighted by molar-refractivity contribution is 7.99. The van der Waals surface area contributed by atoms with Gasteiger partial charge in [-0.15, -0.1) is 11.8 Å². The van der Waals surface area contributed by atoms with Gasteiger partial charge in [0.25, 0.3) is 0 Å². The average molecular weight is 236 g/mol. The molecule has 88 valence electrons. The molecule has 2 heteroatoms. The van der Waals surface area contributed by atoms with Gasteiger partial charge in [-0.05, 0) is 42.7 Å². The zero-order chi connectivity index (χ0) is 11.5. The van der Waals surface area contributed by atoms with Gasteiger partial charge in [0.15, 0.2) is 0 Å². The fourth-order valence-corrected chi connectivity index (χ4v) is 2.68. The summed E-state index contributed by atoms with van der Waals surface area (Å²) in [6.07, 6.45) is 2.14. The van der Waals surface area contributed by atoms with Crippen molar-refractivity contribution in [1.82, 2.24) is 0 Å². The molecule has 1 heterocycles. The lowest BCUT2D eigenvalue weighted by atomic mass is 9.96. The number of ether oxygens (including phenoxy) is 1. The highest BCUT2D eigenvalue weighted by atomic mass is 32.2. The van der Waals surface area contributed by atoms with E-state index in [4.69, 9.17) is 4.74 Å². The first-order valence-corrected chi connectivity index (χ1v) is 7.07. The van der Waals surface area contributed by atoms with Gasteiger partial charge in [-0.3, -0.25) is 0 Å². The van der Waals surface area contributed by atoms with Crippen LogP contribution >= 0.6 is 11.8 Å². The Morgan fingerprint density at radius 2 is 1.94 bits per heavy atom. The molecule has 0 amide bonds. The summed E-state index contributed by atoms with van der Waals surface area (Å²) in [5.41, 5.74) is 1.43. The van der Waals surface area contributed by atoms with Crippen LogP contribution in [0.4, 0.5) is 0 Å². The van der Waals surface area contributed by atoms with Crippen molar-refractivity contribution in [3.8, 4) is 0 Å². The summed E-state index contributed by atoms with van der Waals surface area (Å²) in [7, 11) is 0. The largest absolute Gasteiger partial charge is 0.370 e. The molecule has 1 aromatic rings. The van der Waals surface area contributed by atoms with Crippen molar-refractivity contribution in [2.45, 2.75) is 50.2 Å². The van der Waals surface area contributed by atoms with E-state index in [0.29, 0.717) is 18.1 Å². The first kappa shape index (κ1) is 12.0. The number of rotatable bonds is 5. The second-order valence-electron chi connectivity index (χ2n) is 4.52. The van der Waals surface area contributed by atoms with E-state index in [9.17, 15) is 0 Å². The molecule has 0 bridgehead atoms. The monoisotopic (exact) mass is 236 g/mol. The van der Waals surface area contributed by atoms with Crippen molar-refractivity contribution in [3.05, 3.63) is 29.8 Å². The van der Waals surface area contributed by atoms with Crippen LogP contribution in [0.3, 0.4) is 0 Å². The van der Waals surface area contributed by atoms with Crippen molar-refractivity contribution in [1.29, 1.82) is 0 Å². The van der Waals surface area contributed by atoms with Gasteiger partial charge in [-0.25, -0.2) is 0 Å². The van der Waals surface area contributed by atoms with E-state index in [2.05, 4.69) is 45.0 Å². The molecule has 3 unspecified atom stereocenters. The van der Waals surface area contributed by atoms with E-state index in [0.717, 1.165) is 12.2 Å². The van der Waals surface area contributed by atoms with Crippen molar-refractivity contribution in [3.63, 3.8) is 0 Å². The second-order valence-corrected chi connectivity index (χ2v) is 5.86. The maximum atomic E-state index is 5.47. The molecule has 3 atom stereocenters. The molecule has 0 N–H and O–H groups in total. The molecule has 1 nitrogen and oxygen atoms in total. The van der Waals surface area contributed by atoms with E-state index in [1.54, 1.807) is 0 Å². The first-order valence-electron chi connectivity index (χ1n) is 6.09. The predicted octanol–water partition coefficient (Wildman–Crippen LogP) is 4.08. The third kappa shape index (κ3) is 3.02. The van der Waals surface area contributed by atoms with E-state index in [-0.39, 0.29) is 0 Å². The van der Waals surface area contributed by atoms with Gasteiger partial charge in [0.1, 0.15) is 0 Å². The van der Waals surface area contributed by atoms with Crippen LogP contribution in [-0.4, -0.2) is 18.0 Å². The van der Waals surface area contributed by atoms with Crippen LogP contribution in [-0.2, 0) is 4.74 Å². The summed E-state index contributed by atoms with van der Waals surface area (Å²) in [6, 6.07) is 8.99. The third-order valence-corrected chi connectivity index (χ3v) is 4.08. The number of epoxide rings is 1. The SMILES string of the molecule is CCSc1ccc(C(C)CC2OC2C)cc1. The maximum absolute atomic E-state index is 5.47. The quantitative estimate of drug-likeness (QED) is 0.564. The Bertz CT molecular complexity index is 333. The number of thioether (sulfide) groups is 1. The standard InChI is InChI=1S/C14H20OS/c1-4-16-13-7-5-12(6-8-13)10(2)9-14-11(3)15-14/h5-8,10-11,14H,4,9H2,1-3H3. The topological polar surface area (TPSA) is 12.5 Å². The van der Waals surface area contributed by atoms with Gasteiger partial charge in [0, 0.05) is 4.90 Å². The Morgan fingerprint density at radius 1 is 1.31 bits per heavy atom. The van der Waals surface area contributed by atoms with Gasteiger partial charge in [0.05, 0.1) is 12.2 Å². The molecule has 1 aliphatic heterocycles. The lowest BCUT2D eigenvalue weighted by Gasteiger charge is -2.10. The summed E-state index contributed by atoms with van der Waals surface area (Å²) in [4.78, 5) is 1.37. The van der Waals surface area contributed by atoms with Crippen LogP contribution in [0.25, 0.3) is 0 Å². The predicted molar refractivity (Wildman–Crippen MR) is 70.2 cm³/mol. The highest BCUT2D eigenvalue weighted by Crippen LogP contribution is 2.32. The zero-order valence-corrected chi connectivity index (χ0v) is 11.1. The lowest BCUT2D eigenvalue weighted by Crippen LogP contribution is -1.99. The van der Waals surface area contributed by atoms with Gasteiger partial charge in [-0.1, -0.05) is 26.0 Å². The minimum atomic E-state index is 0.484. The van der Waals surface area contributed by atoms with Crippen molar-refractivity contribution in [2.75, 3.05) is 5.75 Å². The Labute approximate surface area is 103 Å². The Kier molecular flexibility index (Phi) is 3.93. The molecule has 1 aromatic carbocycles. The van der Waals surface area contributed by atoms with E-state index in [1.165, 1.54) is 10.5 Å². The van der Waals surface area contributed by atoms with E-state index >= 15 is 0 Å². The molecule has 1 aliphatic rings. The second kappa shape index (κ2) is 5.24. The van der Waals surface area contributed by atoms with Crippen LogP contribution in [0.2, 0.25) is 0 Å². The smallest absolute Gasteiger partial charge is 0.0844 e. The lowest BCUT2D eigenvalue weighted by molar-refractivity contribution is 0.362. The summed E-state index contributed by atoms with van der Waals surface area (Å²) in [6.45, 7) is 6.63. The van der Waals surface area contributed by atoms with Gasteiger partial charge >= 0.3 is 0 Å². The third-order valence-electron chi connectivity index (χ3n) is 3.18. The highest BCUT2D eigenvalue weighted by Gasteiger charge is 2.35. The fraction of sp³-hybridized carbons (Fsp3) is 0.571. The van der Waals surface area contributed by atoms with E-state index in [1.807, 2.05) is 11.8 Å². The number of hydrogen-bond acceptors (Lipinski definition) is 2. The summed E-state index contributed by atoms with van der Waals surface area (Å²) in [5.74, 6) is 1.75. The van der Waals surface area contributed by atoms with Crippen LogP contribution in [0.15, 0.2) is 29.2 Å². The minimum absolute atomic E-state index is 0.484. The fourth-order valence-electron chi connectivity index (χ4n) is 2.02. The van der Waals surface area contributed by atoms with E-state index < -0.39 is 0 Å². The number of hydrogen-bond donors (Lipinski definition) is 0. The van der Waals surface area contributed by atoms with Crippen LogP contribution in [0.5, 0.6) is 0 Å². The Morgan fingerprint density at radius 3 is 2.44 bits per heavy atom. The van der Waals surface area contributed by atoms with Gasteiger partial charge < -0.3 is 4.74 Å². The van der Waals surface area contributed by atoms with Crippen LogP contribution in [0.1, 0.15) is 38.7 Å². The summed E-state index contributed by atoms with van der Waals surface area (Å²) >= 11 is 1.90. The molecule has 0 aromatic heterocycles. The average Bonchev–Trinajstić information content (AvgIpc) is 2.95. The minimum Gasteiger partial charge on any atom is -0.370 e. The Hall–Kier alpha value is -0.470. The molecule has 0 radical (unpaired) electrons. The zero-order valence-electron chi connectivity index (χ0n) is 10.3. The molecule has 0 aliphatic carbocycles. The maximum Gasteiger partial charge on any atom is 0.0844 e. The number of benzene rings is 1. The van der Waals surface area contributed by atoms with Gasteiger partial charge in [0.2, 0.25) is 0 Å². The molecule has 16 heavy (non-hydrogen) atoms. The summed E-state index contributed by atoms with van der Waals surface area (Å²) in [5, 5.41) is 0. The van der Waals surface area contributed by atoms with Gasteiger partial charge in [-0.2, -0.15) is 0 Å². The summed E-state index contributed by atoms with van der Waals surface area (Å²) < 4.78 is 5.47. The molecule has 1 saturated heterocycles. The normalized spacial score (nSPS) is 25.4.